The lowest BCUT2D eigenvalue weighted by Gasteiger charge is -2.30. The number of nitrogens with zero attached hydrogens (tertiary/aromatic N) is 2. The highest BCUT2D eigenvalue weighted by Crippen LogP contribution is 2.35. The molecule has 3 aromatic rings. The molecule has 1 heterocycles. The minimum Gasteiger partial charge on any atom is -0.481 e. The summed E-state index contributed by atoms with van der Waals surface area (Å²) in [7, 11) is 3.95. The van der Waals surface area contributed by atoms with Crippen LogP contribution in [0.3, 0.4) is 0 Å². The zero-order chi connectivity index (χ0) is 23.2. The first kappa shape index (κ1) is 22.6. The number of ether oxygens (including phenoxy) is 1. The van der Waals surface area contributed by atoms with Crippen molar-refractivity contribution in [3.63, 3.8) is 0 Å². The molecule has 1 aliphatic heterocycles. The van der Waals surface area contributed by atoms with Crippen molar-refractivity contribution in [1.82, 2.24) is 4.90 Å². The molecule has 4 rings (SSSR count). The fourth-order valence-electron chi connectivity index (χ4n) is 4.02. The van der Waals surface area contributed by atoms with Gasteiger partial charge in [0.05, 0.1) is 5.69 Å². The summed E-state index contributed by atoms with van der Waals surface area (Å²) in [5, 5.41) is 3.01. The molecule has 0 radical (unpaired) electrons. The number of hydrogen-bond donors (Lipinski definition) is 1. The number of carbonyl (C=O) groups is 2. The van der Waals surface area contributed by atoms with Crippen LogP contribution in [0.5, 0.6) is 5.75 Å². The number of benzene rings is 3. The molecule has 1 aliphatic rings. The Morgan fingerprint density at radius 2 is 1.64 bits per heavy atom. The Kier molecular flexibility index (Phi) is 7.05. The summed E-state index contributed by atoms with van der Waals surface area (Å²) >= 11 is 0. The van der Waals surface area contributed by atoms with Crippen molar-refractivity contribution in [2.75, 3.05) is 44.0 Å². The molecule has 6 nitrogen and oxygen atoms in total. The zero-order valence-corrected chi connectivity index (χ0v) is 19.0. The third-order valence-electron chi connectivity index (χ3n) is 5.75. The molecule has 33 heavy (non-hydrogen) atoms. The van der Waals surface area contributed by atoms with Gasteiger partial charge in [-0.2, -0.15) is 0 Å². The highest BCUT2D eigenvalue weighted by molar-refractivity contribution is 5.99. The summed E-state index contributed by atoms with van der Waals surface area (Å²) in [5.74, 6) is 0.424. The fraction of sp³-hybridized carbons (Fsp3) is 0.259. The van der Waals surface area contributed by atoms with Crippen LogP contribution in [0.4, 0.5) is 11.4 Å². The number of amides is 2. The Bertz CT molecular complexity index is 1060. The molecular formula is C27H29N3O3. The van der Waals surface area contributed by atoms with Crippen LogP contribution in [-0.4, -0.2) is 50.5 Å². The van der Waals surface area contributed by atoms with Crippen molar-refractivity contribution in [2.24, 2.45) is 0 Å². The van der Waals surface area contributed by atoms with Crippen molar-refractivity contribution in [2.45, 2.75) is 12.3 Å². The molecule has 0 saturated carbocycles. The van der Waals surface area contributed by atoms with Crippen molar-refractivity contribution in [3.05, 3.63) is 90.0 Å². The molecule has 0 atom stereocenters. The van der Waals surface area contributed by atoms with Gasteiger partial charge in [0.1, 0.15) is 5.75 Å². The summed E-state index contributed by atoms with van der Waals surface area (Å²) in [5.41, 5.74) is 3.59. The molecule has 1 N–H and O–H groups in total. The van der Waals surface area contributed by atoms with Crippen LogP contribution in [0, 0.1) is 0 Å². The number of hydrogen-bond acceptors (Lipinski definition) is 4. The molecule has 0 fully saturated rings. The van der Waals surface area contributed by atoms with Gasteiger partial charge in [-0.1, -0.05) is 60.7 Å². The standard InChI is InChI=1S/C27H29N3O3/c1-29(2)15-16-30-24-14-13-22(17-25(24)33-19-27(30)32)28-26(31)18-23(20-9-5-3-6-10-20)21-11-7-4-8-12-21/h3-14,17,23H,15-16,18-19H2,1-2H3,(H,28,31). The lowest BCUT2D eigenvalue weighted by atomic mass is 9.88. The summed E-state index contributed by atoms with van der Waals surface area (Å²) < 4.78 is 5.66. The monoisotopic (exact) mass is 443 g/mol. The van der Waals surface area contributed by atoms with E-state index in [1.165, 1.54) is 0 Å². The van der Waals surface area contributed by atoms with Crippen molar-refractivity contribution in [1.29, 1.82) is 0 Å². The fourth-order valence-corrected chi connectivity index (χ4v) is 4.02. The van der Waals surface area contributed by atoms with E-state index in [0.29, 0.717) is 24.4 Å². The Hall–Kier alpha value is -3.64. The van der Waals surface area contributed by atoms with E-state index in [9.17, 15) is 9.59 Å². The van der Waals surface area contributed by atoms with Crippen molar-refractivity contribution >= 4 is 23.2 Å². The number of carbonyl (C=O) groups excluding carboxylic acids is 2. The van der Waals surface area contributed by atoms with Crippen LogP contribution in [0.1, 0.15) is 23.5 Å². The molecule has 2 amide bonds. The quantitative estimate of drug-likeness (QED) is 0.569. The number of anilines is 2. The van der Waals surface area contributed by atoms with Gasteiger partial charge in [0.2, 0.25) is 5.91 Å². The first-order valence-electron chi connectivity index (χ1n) is 11.1. The van der Waals surface area contributed by atoms with E-state index in [1.807, 2.05) is 67.5 Å². The summed E-state index contributed by atoms with van der Waals surface area (Å²) in [4.78, 5) is 29.1. The van der Waals surface area contributed by atoms with Crippen LogP contribution >= 0.6 is 0 Å². The Morgan fingerprint density at radius 1 is 1.00 bits per heavy atom. The summed E-state index contributed by atoms with van der Waals surface area (Å²) in [6.45, 7) is 1.34. The average molecular weight is 444 g/mol. The first-order chi connectivity index (χ1) is 16.0. The maximum atomic E-state index is 13.0. The molecule has 0 spiro atoms. The average Bonchev–Trinajstić information content (AvgIpc) is 2.83. The van der Waals surface area contributed by atoms with Gasteiger partial charge >= 0.3 is 0 Å². The molecule has 0 saturated heterocycles. The summed E-state index contributed by atoms with van der Waals surface area (Å²) in [6.07, 6.45) is 0.319. The normalized spacial score (nSPS) is 13.1. The van der Waals surface area contributed by atoms with Crippen molar-refractivity contribution < 1.29 is 14.3 Å². The van der Waals surface area contributed by atoms with E-state index in [-0.39, 0.29) is 24.3 Å². The maximum absolute atomic E-state index is 13.0. The van der Waals surface area contributed by atoms with Gasteiger partial charge in [-0.15, -0.1) is 0 Å². The van der Waals surface area contributed by atoms with Crippen LogP contribution in [0.25, 0.3) is 0 Å². The van der Waals surface area contributed by atoms with Gasteiger partial charge < -0.3 is 19.9 Å². The smallest absolute Gasteiger partial charge is 0.265 e. The lowest BCUT2D eigenvalue weighted by Crippen LogP contribution is -2.42. The molecule has 6 heteroatoms. The Balaban J connectivity index is 1.49. The molecule has 170 valence electrons. The Morgan fingerprint density at radius 3 is 2.24 bits per heavy atom. The van der Waals surface area contributed by atoms with E-state index in [4.69, 9.17) is 4.74 Å². The topological polar surface area (TPSA) is 61.9 Å². The lowest BCUT2D eigenvalue weighted by molar-refractivity contribution is -0.121. The number of nitrogens with one attached hydrogen (secondary N) is 1. The van der Waals surface area contributed by atoms with Crippen LogP contribution in [0.2, 0.25) is 0 Å². The van der Waals surface area contributed by atoms with E-state index in [1.54, 1.807) is 11.0 Å². The van der Waals surface area contributed by atoms with Crippen LogP contribution < -0.4 is 15.0 Å². The highest BCUT2D eigenvalue weighted by atomic mass is 16.5. The number of rotatable bonds is 8. The minimum atomic E-state index is -0.0796. The van der Waals surface area contributed by atoms with Crippen molar-refractivity contribution in [3.8, 4) is 5.75 Å². The third-order valence-corrected chi connectivity index (χ3v) is 5.75. The van der Waals surface area contributed by atoms with Crippen LogP contribution in [0.15, 0.2) is 78.9 Å². The van der Waals surface area contributed by atoms with Gasteiger partial charge in [0.15, 0.2) is 6.61 Å². The number of fused-ring (bicyclic) bond motifs is 1. The maximum Gasteiger partial charge on any atom is 0.265 e. The SMILES string of the molecule is CN(C)CCN1C(=O)COc2cc(NC(=O)CC(c3ccccc3)c3ccccc3)ccc21. The van der Waals surface area contributed by atoms with E-state index in [2.05, 4.69) is 29.6 Å². The zero-order valence-electron chi connectivity index (χ0n) is 19.0. The molecule has 3 aromatic carbocycles. The van der Waals surface area contributed by atoms with E-state index >= 15 is 0 Å². The van der Waals surface area contributed by atoms with Gasteiger partial charge in [0, 0.05) is 37.2 Å². The second-order valence-electron chi connectivity index (χ2n) is 8.45. The second kappa shape index (κ2) is 10.3. The first-order valence-corrected chi connectivity index (χ1v) is 11.1. The summed E-state index contributed by atoms with van der Waals surface area (Å²) in [6, 6.07) is 25.6. The van der Waals surface area contributed by atoms with Gasteiger partial charge in [-0.25, -0.2) is 0 Å². The Labute approximate surface area is 194 Å². The predicted octanol–water partition coefficient (Wildman–Crippen LogP) is 4.13. The predicted molar refractivity (Wildman–Crippen MR) is 131 cm³/mol. The van der Waals surface area contributed by atoms with Gasteiger partial charge in [-0.3, -0.25) is 9.59 Å². The highest BCUT2D eigenvalue weighted by Gasteiger charge is 2.26. The molecular weight excluding hydrogens is 414 g/mol. The molecule has 0 unspecified atom stereocenters. The van der Waals surface area contributed by atoms with Gasteiger partial charge in [0.25, 0.3) is 5.91 Å². The minimum absolute atomic E-state index is 0.00190. The molecule has 0 aromatic heterocycles. The van der Waals surface area contributed by atoms with E-state index < -0.39 is 0 Å². The molecule has 0 aliphatic carbocycles. The largest absolute Gasteiger partial charge is 0.481 e. The molecule has 0 bridgehead atoms. The van der Waals surface area contributed by atoms with E-state index in [0.717, 1.165) is 23.4 Å². The number of likely N-dealkylation sites (N-methyl/N-ethyl adjacent to an activating group) is 1. The van der Waals surface area contributed by atoms with Crippen LogP contribution in [-0.2, 0) is 9.59 Å². The second-order valence-corrected chi connectivity index (χ2v) is 8.45. The van der Waals surface area contributed by atoms with Gasteiger partial charge in [-0.05, 0) is 37.4 Å². The third kappa shape index (κ3) is 5.59.